The predicted octanol–water partition coefficient (Wildman–Crippen LogP) is 0.349. The van der Waals surface area contributed by atoms with Gasteiger partial charge in [-0.2, -0.15) is 9.61 Å². The van der Waals surface area contributed by atoms with Crippen LogP contribution in [0.5, 0.6) is 0 Å². The largest absolute Gasteiger partial charge is 0.384 e. The van der Waals surface area contributed by atoms with E-state index in [1.54, 1.807) is 4.52 Å². The summed E-state index contributed by atoms with van der Waals surface area (Å²) in [6, 6.07) is 0.497. The van der Waals surface area contributed by atoms with Gasteiger partial charge in [0.2, 0.25) is 0 Å². The van der Waals surface area contributed by atoms with Crippen molar-refractivity contribution < 1.29 is 0 Å². The van der Waals surface area contributed by atoms with Crippen LogP contribution in [-0.4, -0.2) is 47.7 Å². The Kier molecular flexibility index (Phi) is 2.25. The van der Waals surface area contributed by atoms with E-state index in [0.29, 0.717) is 17.5 Å². The molecule has 8 nitrogen and oxygen atoms in total. The topological polar surface area (TPSA) is 101 Å². The molecule has 104 valence electrons. The Morgan fingerprint density at radius 2 is 2.10 bits per heavy atom. The van der Waals surface area contributed by atoms with E-state index in [9.17, 15) is 0 Å². The summed E-state index contributed by atoms with van der Waals surface area (Å²) < 4.78 is 1.67. The quantitative estimate of drug-likeness (QED) is 0.663. The third-order valence-electron chi connectivity index (χ3n) is 4.12. The molecule has 3 N–H and O–H groups in total. The lowest BCUT2D eigenvalue weighted by Gasteiger charge is -2.32. The fourth-order valence-electron chi connectivity index (χ4n) is 3.02. The van der Waals surface area contributed by atoms with E-state index in [4.69, 9.17) is 5.73 Å². The van der Waals surface area contributed by atoms with Crippen molar-refractivity contribution in [2.45, 2.75) is 32.9 Å². The Morgan fingerprint density at radius 3 is 2.90 bits per heavy atom. The van der Waals surface area contributed by atoms with Crippen LogP contribution in [0.4, 0.5) is 5.82 Å². The predicted molar refractivity (Wildman–Crippen MR) is 74.1 cm³/mol. The zero-order valence-electron chi connectivity index (χ0n) is 11.5. The molecule has 1 aliphatic rings. The van der Waals surface area contributed by atoms with Crippen LogP contribution < -0.4 is 5.73 Å². The molecule has 0 amide bonds. The number of aromatic nitrogens is 6. The van der Waals surface area contributed by atoms with E-state index in [1.807, 2.05) is 0 Å². The molecule has 4 rings (SSSR count). The van der Waals surface area contributed by atoms with Gasteiger partial charge in [-0.25, -0.2) is 0 Å². The van der Waals surface area contributed by atoms with E-state index in [1.165, 1.54) is 5.56 Å². The maximum Gasteiger partial charge on any atom is 0.188 e. The Labute approximate surface area is 114 Å². The van der Waals surface area contributed by atoms with Crippen molar-refractivity contribution in [3.8, 4) is 0 Å². The lowest BCUT2D eigenvalue weighted by atomic mass is 9.97. The fraction of sp³-hybridized carbons (Fsp3) is 0.500. The first-order valence-corrected chi connectivity index (χ1v) is 6.76. The van der Waals surface area contributed by atoms with Gasteiger partial charge in [0.15, 0.2) is 11.3 Å². The number of rotatable bonds is 1. The number of pyridine rings is 1. The molecule has 3 aromatic rings. The lowest BCUT2D eigenvalue weighted by molar-refractivity contribution is 0.204. The highest BCUT2D eigenvalue weighted by atomic mass is 15.5. The van der Waals surface area contributed by atoms with Crippen LogP contribution in [0.3, 0.4) is 0 Å². The van der Waals surface area contributed by atoms with Crippen LogP contribution in [0.1, 0.15) is 25.0 Å². The second-order valence-electron chi connectivity index (χ2n) is 5.52. The van der Waals surface area contributed by atoms with Crippen LogP contribution in [0.25, 0.3) is 16.7 Å². The number of nitrogens with zero attached hydrogens (tertiary/aromatic N) is 6. The van der Waals surface area contributed by atoms with Gasteiger partial charge in [-0.1, -0.05) is 0 Å². The maximum absolute atomic E-state index is 6.04. The highest BCUT2D eigenvalue weighted by molar-refractivity contribution is 5.93. The van der Waals surface area contributed by atoms with Gasteiger partial charge in [-0.15, -0.1) is 5.10 Å². The normalized spacial score (nSPS) is 16.4. The second kappa shape index (κ2) is 3.89. The van der Waals surface area contributed by atoms with Crippen LogP contribution in [0.2, 0.25) is 0 Å². The summed E-state index contributed by atoms with van der Waals surface area (Å²) in [6.45, 7) is 6.27. The molecule has 0 saturated heterocycles. The zero-order chi connectivity index (χ0) is 13.9. The molecule has 0 unspecified atom stereocenters. The Morgan fingerprint density at radius 1 is 1.25 bits per heavy atom. The minimum atomic E-state index is 0.497. The summed E-state index contributed by atoms with van der Waals surface area (Å²) in [6.07, 6.45) is 0.942. The van der Waals surface area contributed by atoms with Crippen molar-refractivity contribution >= 4 is 22.5 Å². The average molecular weight is 272 g/mol. The molecule has 0 aromatic carbocycles. The standard InChI is InChI=1S/C12H16N8/c1-6(2)19-4-3-7-8(5-19)11-16-17-18-20(11)12-9(7)10(13)14-15-12/h6H,3-5H2,1-2H3,(H3,13,14,15). The van der Waals surface area contributed by atoms with Crippen molar-refractivity contribution in [1.29, 1.82) is 0 Å². The highest BCUT2D eigenvalue weighted by Gasteiger charge is 2.26. The SMILES string of the molecule is CC(C)N1CCc2c(c3nnnn3c3n[nH]c(N)c23)C1. The highest BCUT2D eigenvalue weighted by Crippen LogP contribution is 2.32. The zero-order valence-corrected chi connectivity index (χ0v) is 11.5. The van der Waals surface area contributed by atoms with Crippen LogP contribution in [0, 0.1) is 0 Å². The van der Waals surface area contributed by atoms with E-state index < -0.39 is 0 Å². The number of aromatic amines is 1. The summed E-state index contributed by atoms with van der Waals surface area (Å²) in [5, 5.41) is 20.0. The van der Waals surface area contributed by atoms with Crippen LogP contribution >= 0.6 is 0 Å². The Balaban J connectivity index is 2.06. The summed E-state index contributed by atoms with van der Waals surface area (Å²) in [5.41, 5.74) is 9.92. The molecule has 1 aliphatic heterocycles. The lowest BCUT2D eigenvalue weighted by Crippen LogP contribution is -2.36. The minimum Gasteiger partial charge on any atom is -0.384 e. The molecule has 0 saturated carbocycles. The number of fused-ring (bicyclic) bond motifs is 6. The fourth-order valence-corrected chi connectivity index (χ4v) is 3.02. The van der Waals surface area contributed by atoms with Gasteiger partial charge in [0.05, 0.1) is 5.39 Å². The number of hydrogen-bond donors (Lipinski definition) is 2. The van der Waals surface area contributed by atoms with E-state index in [-0.39, 0.29) is 0 Å². The summed E-state index contributed by atoms with van der Waals surface area (Å²) in [5.74, 6) is 0.589. The van der Waals surface area contributed by atoms with Gasteiger partial charge >= 0.3 is 0 Å². The number of tetrazole rings is 1. The monoisotopic (exact) mass is 272 g/mol. The molecule has 0 aliphatic carbocycles. The van der Waals surface area contributed by atoms with E-state index >= 15 is 0 Å². The average Bonchev–Trinajstić information content (AvgIpc) is 3.05. The van der Waals surface area contributed by atoms with Gasteiger partial charge in [0, 0.05) is 24.7 Å². The molecular formula is C12H16N8. The van der Waals surface area contributed by atoms with Crippen molar-refractivity contribution in [3.63, 3.8) is 0 Å². The molecule has 4 heterocycles. The van der Waals surface area contributed by atoms with Crippen LogP contribution in [0.15, 0.2) is 0 Å². The van der Waals surface area contributed by atoms with Crippen LogP contribution in [-0.2, 0) is 13.0 Å². The molecular weight excluding hydrogens is 256 g/mol. The van der Waals surface area contributed by atoms with Crippen molar-refractivity contribution in [2.75, 3.05) is 12.3 Å². The van der Waals surface area contributed by atoms with Crippen molar-refractivity contribution in [2.24, 2.45) is 0 Å². The first-order valence-electron chi connectivity index (χ1n) is 6.76. The second-order valence-corrected chi connectivity index (χ2v) is 5.52. The molecule has 20 heavy (non-hydrogen) atoms. The van der Waals surface area contributed by atoms with Crippen molar-refractivity contribution in [3.05, 3.63) is 11.1 Å². The van der Waals surface area contributed by atoms with Gasteiger partial charge < -0.3 is 5.73 Å². The summed E-state index contributed by atoms with van der Waals surface area (Å²) in [7, 11) is 0. The maximum atomic E-state index is 6.04. The van der Waals surface area contributed by atoms with Crippen molar-refractivity contribution in [1.82, 2.24) is 35.1 Å². The Bertz CT molecular complexity index is 799. The number of nitrogen functional groups attached to an aromatic ring is 1. The molecule has 0 spiro atoms. The van der Waals surface area contributed by atoms with E-state index in [0.717, 1.165) is 36.1 Å². The first-order chi connectivity index (χ1) is 9.66. The van der Waals surface area contributed by atoms with Gasteiger partial charge in [0.25, 0.3) is 0 Å². The molecule has 0 fully saturated rings. The third kappa shape index (κ3) is 1.39. The molecule has 8 heteroatoms. The molecule has 3 aromatic heterocycles. The van der Waals surface area contributed by atoms with E-state index in [2.05, 4.69) is 44.5 Å². The Hall–Kier alpha value is -2.22. The third-order valence-corrected chi connectivity index (χ3v) is 4.12. The first kappa shape index (κ1) is 11.6. The number of H-pyrrole nitrogens is 1. The molecule has 0 atom stereocenters. The van der Waals surface area contributed by atoms with Gasteiger partial charge in [-0.05, 0) is 36.3 Å². The summed E-state index contributed by atoms with van der Waals surface area (Å²) >= 11 is 0. The summed E-state index contributed by atoms with van der Waals surface area (Å²) in [4.78, 5) is 2.42. The number of nitrogens with one attached hydrogen (secondary N) is 1. The number of anilines is 1. The molecule has 0 bridgehead atoms. The van der Waals surface area contributed by atoms with Gasteiger partial charge in [-0.3, -0.25) is 10.00 Å². The number of hydrogen-bond acceptors (Lipinski definition) is 6. The molecule has 0 radical (unpaired) electrons. The smallest absolute Gasteiger partial charge is 0.188 e. The minimum absolute atomic E-state index is 0.497. The van der Waals surface area contributed by atoms with Gasteiger partial charge in [0.1, 0.15) is 5.82 Å². The number of nitrogens with two attached hydrogens (primary N) is 1.